The zero-order valence-electron chi connectivity index (χ0n) is 14.8. The standard InChI is InChI=1S/C18H20ClN5O3/c1-20-15(25)13-3-2-12-14(21-17(19)23-24(12)13)22-18-5-4-8(9-6-11(9)18)10(7-18)16(26)27/h2-3,8-11H,4-7H2,1H3,(H,20,25)(H,26,27)(H,21,22,23). The summed E-state index contributed by atoms with van der Waals surface area (Å²) in [6.07, 6.45) is 3.52. The van der Waals surface area contributed by atoms with Crippen LogP contribution in [0.15, 0.2) is 12.1 Å². The van der Waals surface area contributed by atoms with Gasteiger partial charge in [0.05, 0.1) is 5.92 Å². The minimum absolute atomic E-state index is 0.0365. The largest absolute Gasteiger partial charge is 0.481 e. The summed E-state index contributed by atoms with van der Waals surface area (Å²) in [4.78, 5) is 28.2. The molecule has 5 unspecified atom stereocenters. The average molecular weight is 390 g/mol. The molecule has 0 saturated heterocycles. The van der Waals surface area contributed by atoms with Crippen LogP contribution in [0, 0.1) is 23.7 Å². The van der Waals surface area contributed by atoms with E-state index in [9.17, 15) is 14.7 Å². The van der Waals surface area contributed by atoms with Crippen LogP contribution < -0.4 is 10.6 Å². The Morgan fingerprint density at radius 2 is 2.19 bits per heavy atom. The predicted molar refractivity (Wildman–Crippen MR) is 97.8 cm³/mol. The lowest BCUT2D eigenvalue weighted by Crippen LogP contribution is -2.54. The van der Waals surface area contributed by atoms with Crippen LogP contribution in [0.25, 0.3) is 5.52 Å². The number of fused-ring (bicyclic) bond motifs is 3. The van der Waals surface area contributed by atoms with Crippen molar-refractivity contribution in [3.63, 3.8) is 0 Å². The number of nitrogens with zero attached hydrogens (tertiary/aromatic N) is 3. The number of nitrogens with one attached hydrogen (secondary N) is 2. The average Bonchev–Trinajstić information content (AvgIpc) is 3.37. The molecule has 0 radical (unpaired) electrons. The minimum Gasteiger partial charge on any atom is -0.481 e. The Bertz CT molecular complexity index is 975. The molecule has 2 aromatic rings. The van der Waals surface area contributed by atoms with Crippen molar-refractivity contribution in [3.8, 4) is 0 Å². The molecule has 2 bridgehead atoms. The van der Waals surface area contributed by atoms with Gasteiger partial charge < -0.3 is 15.7 Å². The molecule has 4 saturated carbocycles. The molecule has 2 aromatic heterocycles. The number of hydrogen-bond donors (Lipinski definition) is 3. The van der Waals surface area contributed by atoms with E-state index in [2.05, 4.69) is 20.7 Å². The second kappa shape index (κ2) is 5.58. The Labute approximate surface area is 160 Å². The third-order valence-corrected chi connectivity index (χ3v) is 6.91. The summed E-state index contributed by atoms with van der Waals surface area (Å²) >= 11 is 6.13. The first-order chi connectivity index (χ1) is 12.9. The fourth-order valence-corrected chi connectivity index (χ4v) is 5.68. The number of rotatable bonds is 4. The maximum absolute atomic E-state index is 12.1. The highest BCUT2D eigenvalue weighted by molar-refractivity contribution is 6.28. The number of amides is 1. The first-order valence-electron chi connectivity index (χ1n) is 9.22. The van der Waals surface area contributed by atoms with Gasteiger partial charge in [0.1, 0.15) is 11.2 Å². The summed E-state index contributed by atoms with van der Waals surface area (Å²) in [7, 11) is 1.56. The van der Waals surface area contributed by atoms with Gasteiger partial charge in [0.15, 0.2) is 5.82 Å². The Hall–Kier alpha value is -2.35. The van der Waals surface area contributed by atoms with Gasteiger partial charge in [-0.2, -0.15) is 4.98 Å². The van der Waals surface area contributed by atoms with E-state index in [1.807, 2.05) is 0 Å². The van der Waals surface area contributed by atoms with E-state index in [1.54, 1.807) is 19.2 Å². The molecule has 27 heavy (non-hydrogen) atoms. The van der Waals surface area contributed by atoms with Gasteiger partial charge in [-0.25, -0.2) is 4.52 Å². The van der Waals surface area contributed by atoms with E-state index in [0.29, 0.717) is 41.2 Å². The van der Waals surface area contributed by atoms with E-state index in [0.717, 1.165) is 19.3 Å². The molecular formula is C18H20ClN5O3. The molecule has 8 nitrogen and oxygen atoms in total. The first-order valence-corrected chi connectivity index (χ1v) is 9.59. The zero-order chi connectivity index (χ0) is 18.9. The van der Waals surface area contributed by atoms with Gasteiger partial charge in [-0.3, -0.25) is 9.59 Å². The second-order valence-corrected chi connectivity index (χ2v) is 8.30. The molecule has 6 rings (SSSR count). The summed E-state index contributed by atoms with van der Waals surface area (Å²) in [5.74, 6) is 0.554. The fourth-order valence-electron chi connectivity index (χ4n) is 5.52. The number of carbonyl (C=O) groups is 2. The van der Waals surface area contributed by atoms with Crippen molar-refractivity contribution in [2.24, 2.45) is 23.7 Å². The van der Waals surface area contributed by atoms with E-state index < -0.39 is 5.97 Å². The van der Waals surface area contributed by atoms with E-state index in [4.69, 9.17) is 11.6 Å². The molecule has 4 aliphatic carbocycles. The quantitative estimate of drug-likeness (QED) is 0.738. The first kappa shape index (κ1) is 16.8. The monoisotopic (exact) mass is 389 g/mol. The number of carbonyl (C=O) groups excluding carboxylic acids is 1. The van der Waals surface area contributed by atoms with Gasteiger partial charge in [-0.15, -0.1) is 5.10 Å². The van der Waals surface area contributed by atoms with Gasteiger partial charge in [0.2, 0.25) is 5.28 Å². The highest BCUT2D eigenvalue weighted by Crippen LogP contribution is 2.66. The van der Waals surface area contributed by atoms with E-state index in [1.165, 1.54) is 4.52 Å². The Morgan fingerprint density at radius 3 is 2.93 bits per heavy atom. The third-order valence-electron chi connectivity index (χ3n) is 6.75. The van der Waals surface area contributed by atoms with Crippen LogP contribution in [0.2, 0.25) is 5.28 Å². The molecule has 4 fully saturated rings. The topological polar surface area (TPSA) is 109 Å². The summed E-state index contributed by atoms with van der Waals surface area (Å²) in [6.45, 7) is 0. The summed E-state index contributed by atoms with van der Waals surface area (Å²) < 4.78 is 1.49. The molecule has 4 aliphatic rings. The maximum atomic E-state index is 12.1. The Morgan fingerprint density at radius 1 is 1.37 bits per heavy atom. The lowest BCUT2D eigenvalue weighted by atomic mass is 9.60. The van der Waals surface area contributed by atoms with Crippen LogP contribution in [0.5, 0.6) is 0 Å². The van der Waals surface area contributed by atoms with Crippen LogP contribution in [-0.4, -0.2) is 44.2 Å². The molecule has 2 heterocycles. The van der Waals surface area contributed by atoms with Crippen LogP contribution >= 0.6 is 11.6 Å². The molecule has 9 heteroatoms. The van der Waals surface area contributed by atoms with Crippen molar-refractivity contribution in [1.29, 1.82) is 0 Å². The predicted octanol–water partition coefficient (Wildman–Crippen LogP) is 2.04. The smallest absolute Gasteiger partial charge is 0.306 e. The maximum Gasteiger partial charge on any atom is 0.306 e. The Kier molecular flexibility index (Phi) is 3.47. The number of carboxylic acids is 1. The van der Waals surface area contributed by atoms with Gasteiger partial charge in [0, 0.05) is 12.6 Å². The number of anilines is 1. The second-order valence-electron chi connectivity index (χ2n) is 7.96. The molecule has 0 aromatic carbocycles. The number of carboxylic acid groups (broad SMARTS) is 1. The minimum atomic E-state index is -0.702. The van der Waals surface area contributed by atoms with E-state index >= 15 is 0 Å². The van der Waals surface area contributed by atoms with Gasteiger partial charge in [-0.05, 0) is 67.2 Å². The number of aliphatic carboxylic acids is 1. The molecule has 142 valence electrons. The number of hydrogen-bond acceptors (Lipinski definition) is 5. The summed E-state index contributed by atoms with van der Waals surface area (Å²) in [6, 6.07) is 3.47. The van der Waals surface area contributed by atoms with Crippen LogP contribution in [0.4, 0.5) is 5.82 Å². The SMILES string of the molecule is CNC(=O)c1ccc2c(NC34CCC(C(C(=O)O)C3)C3CC34)nc(Cl)nn12. The molecule has 0 spiro atoms. The summed E-state index contributed by atoms with van der Waals surface area (Å²) in [5, 5.41) is 20.0. The summed E-state index contributed by atoms with van der Waals surface area (Å²) in [5.41, 5.74) is 0.750. The zero-order valence-corrected chi connectivity index (χ0v) is 15.5. The lowest BCUT2D eigenvalue weighted by Gasteiger charge is -2.49. The molecule has 5 atom stereocenters. The van der Waals surface area contributed by atoms with Crippen LogP contribution in [0.3, 0.4) is 0 Å². The fraction of sp³-hybridized carbons (Fsp3) is 0.556. The van der Waals surface area contributed by atoms with E-state index in [-0.39, 0.29) is 22.6 Å². The third kappa shape index (κ3) is 2.35. The van der Waals surface area contributed by atoms with Crippen molar-refractivity contribution in [2.45, 2.75) is 31.2 Å². The molecular weight excluding hydrogens is 370 g/mol. The lowest BCUT2D eigenvalue weighted by molar-refractivity contribution is -0.148. The van der Waals surface area contributed by atoms with Crippen molar-refractivity contribution >= 4 is 34.8 Å². The van der Waals surface area contributed by atoms with Crippen molar-refractivity contribution in [2.75, 3.05) is 12.4 Å². The number of aromatic nitrogens is 3. The van der Waals surface area contributed by atoms with Crippen LogP contribution in [-0.2, 0) is 4.79 Å². The van der Waals surface area contributed by atoms with Gasteiger partial charge in [0.25, 0.3) is 5.91 Å². The van der Waals surface area contributed by atoms with Crippen molar-refractivity contribution < 1.29 is 14.7 Å². The van der Waals surface area contributed by atoms with Crippen molar-refractivity contribution in [1.82, 2.24) is 19.9 Å². The van der Waals surface area contributed by atoms with Crippen LogP contribution in [0.1, 0.15) is 36.2 Å². The highest BCUT2D eigenvalue weighted by atomic mass is 35.5. The Balaban J connectivity index is 1.56. The highest BCUT2D eigenvalue weighted by Gasteiger charge is 2.66. The van der Waals surface area contributed by atoms with Gasteiger partial charge >= 0.3 is 5.97 Å². The van der Waals surface area contributed by atoms with Crippen molar-refractivity contribution in [3.05, 3.63) is 23.1 Å². The number of halogens is 1. The molecule has 3 N–H and O–H groups in total. The normalized spacial score (nSPS) is 33.6. The molecule has 0 aliphatic heterocycles. The van der Waals surface area contributed by atoms with Gasteiger partial charge in [-0.1, -0.05) is 0 Å². The molecule has 1 amide bonds.